The van der Waals surface area contributed by atoms with Gasteiger partial charge in [0.2, 0.25) is 0 Å². The quantitative estimate of drug-likeness (QED) is 0.239. The molecule has 1 amide bonds. The number of ether oxygens (including phenoxy) is 2. The Morgan fingerprint density at radius 3 is 2.53 bits per heavy atom. The molecule has 1 fully saturated rings. The standard InChI is InChI=1S/C25H25N5O7S/c1-36-21-8-6-20(7-9-21)28-38(34,35)22-4-2-3-19(16-22)25(31)27-26-17-18-5-10-23(24(15-18)30(32)33)29-11-13-37-14-12-29/h2-10,15-17,28H,11-14H2,1H3,(H,27,31)/b26-17-. The second-order valence-electron chi connectivity index (χ2n) is 8.17. The highest BCUT2D eigenvalue weighted by Gasteiger charge is 2.22. The highest BCUT2D eigenvalue weighted by atomic mass is 32.2. The van der Waals surface area contributed by atoms with Gasteiger partial charge < -0.3 is 14.4 Å². The molecule has 0 aliphatic carbocycles. The largest absolute Gasteiger partial charge is 0.497 e. The van der Waals surface area contributed by atoms with E-state index in [2.05, 4.69) is 15.2 Å². The van der Waals surface area contributed by atoms with Crippen LogP contribution in [0.3, 0.4) is 0 Å². The molecule has 3 aromatic rings. The monoisotopic (exact) mass is 539 g/mol. The summed E-state index contributed by atoms with van der Waals surface area (Å²) in [5.74, 6) is -0.0722. The molecule has 1 aliphatic heterocycles. The van der Waals surface area contributed by atoms with Gasteiger partial charge in [-0.05, 0) is 48.5 Å². The number of benzene rings is 3. The van der Waals surface area contributed by atoms with Crippen LogP contribution in [0.2, 0.25) is 0 Å². The van der Waals surface area contributed by atoms with Crippen molar-refractivity contribution in [3.8, 4) is 5.75 Å². The molecule has 0 unspecified atom stereocenters. The zero-order chi connectivity index (χ0) is 27.1. The number of morpholine rings is 1. The lowest BCUT2D eigenvalue weighted by Crippen LogP contribution is -2.36. The highest BCUT2D eigenvalue weighted by molar-refractivity contribution is 7.92. The Bertz CT molecular complexity index is 1450. The first kappa shape index (κ1) is 26.6. The van der Waals surface area contributed by atoms with Crippen LogP contribution in [-0.2, 0) is 14.8 Å². The van der Waals surface area contributed by atoms with Gasteiger partial charge in [0.05, 0.1) is 36.4 Å². The number of hydrogen-bond acceptors (Lipinski definition) is 9. The number of rotatable bonds is 9. The topological polar surface area (TPSA) is 152 Å². The van der Waals surface area contributed by atoms with Crippen molar-refractivity contribution in [1.29, 1.82) is 0 Å². The number of nitro groups is 1. The van der Waals surface area contributed by atoms with Gasteiger partial charge in [0.25, 0.3) is 21.6 Å². The zero-order valence-electron chi connectivity index (χ0n) is 20.4. The minimum absolute atomic E-state index is 0.0633. The van der Waals surface area contributed by atoms with Crippen LogP contribution in [0.25, 0.3) is 0 Å². The number of sulfonamides is 1. The number of hydrogen-bond donors (Lipinski definition) is 2. The Hall–Kier alpha value is -4.49. The molecular formula is C25H25N5O7S. The van der Waals surface area contributed by atoms with E-state index in [0.717, 1.165) is 0 Å². The first-order valence-electron chi connectivity index (χ1n) is 11.5. The molecule has 38 heavy (non-hydrogen) atoms. The maximum atomic E-state index is 12.8. The van der Waals surface area contributed by atoms with Gasteiger partial charge >= 0.3 is 0 Å². The van der Waals surface area contributed by atoms with Crippen molar-refractivity contribution in [2.24, 2.45) is 5.10 Å². The SMILES string of the molecule is COc1ccc(NS(=O)(=O)c2cccc(C(=O)N/N=C\c3ccc(N4CCOCC4)c([N+](=O)[O-])c3)c2)cc1. The number of anilines is 2. The van der Waals surface area contributed by atoms with E-state index in [-0.39, 0.29) is 16.1 Å². The third-order valence-corrected chi connectivity index (χ3v) is 7.06. The van der Waals surface area contributed by atoms with E-state index in [1.165, 1.54) is 43.7 Å². The number of nitrogens with one attached hydrogen (secondary N) is 2. The van der Waals surface area contributed by atoms with E-state index >= 15 is 0 Å². The fraction of sp³-hybridized carbons (Fsp3) is 0.200. The molecule has 0 atom stereocenters. The lowest BCUT2D eigenvalue weighted by atomic mass is 10.1. The van der Waals surface area contributed by atoms with Crippen molar-refractivity contribution in [2.75, 3.05) is 43.0 Å². The van der Waals surface area contributed by atoms with Crippen LogP contribution in [0.4, 0.5) is 17.1 Å². The smallest absolute Gasteiger partial charge is 0.293 e. The molecule has 0 saturated carbocycles. The van der Waals surface area contributed by atoms with Gasteiger partial charge in [-0.15, -0.1) is 0 Å². The molecule has 3 aromatic carbocycles. The van der Waals surface area contributed by atoms with Gasteiger partial charge in [-0.1, -0.05) is 12.1 Å². The van der Waals surface area contributed by atoms with E-state index in [1.54, 1.807) is 36.4 Å². The van der Waals surface area contributed by atoms with Crippen LogP contribution in [-0.4, -0.2) is 58.9 Å². The van der Waals surface area contributed by atoms with E-state index in [4.69, 9.17) is 9.47 Å². The van der Waals surface area contributed by atoms with Crippen LogP contribution in [0.5, 0.6) is 5.75 Å². The first-order chi connectivity index (χ1) is 18.3. The number of carbonyl (C=O) groups excluding carboxylic acids is 1. The average molecular weight is 540 g/mol. The first-order valence-corrected chi connectivity index (χ1v) is 13.0. The van der Waals surface area contributed by atoms with E-state index in [1.807, 2.05) is 4.90 Å². The second kappa shape index (κ2) is 11.7. The number of nitrogens with zero attached hydrogens (tertiary/aromatic N) is 3. The maximum absolute atomic E-state index is 12.8. The summed E-state index contributed by atoms with van der Waals surface area (Å²) in [6.07, 6.45) is 1.28. The van der Waals surface area contributed by atoms with Crippen LogP contribution < -0.4 is 19.8 Å². The summed E-state index contributed by atoms with van der Waals surface area (Å²) in [7, 11) is -2.46. The van der Waals surface area contributed by atoms with Gasteiger partial charge in [-0.25, -0.2) is 13.8 Å². The Labute approximate surface area is 219 Å². The summed E-state index contributed by atoms with van der Waals surface area (Å²) < 4.78 is 38.4. The molecule has 0 bridgehead atoms. The van der Waals surface area contributed by atoms with Crippen molar-refractivity contribution in [3.05, 3.63) is 88.0 Å². The molecule has 1 saturated heterocycles. The predicted octanol–water partition coefficient (Wildman–Crippen LogP) is 3.00. The van der Waals surface area contributed by atoms with Crippen molar-refractivity contribution in [1.82, 2.24) is 5.43 Å². The van der Waals surface area contributed by atoms with Gasteiger partial charge in [-0.2, -0.15) is 5.10 Å². The molecule has 2 N–H and O–H groups in total. The molecule has 0 aromatic heterocycles. The van der Waals surface area contributed by atoms with Crippen LogP contribution in [0, 0.1) is 10.1 Å². The lowest BCUT2D eigenvalue weighted by Gasteiger charge is -2.28. The molecule has 0 radical (unpaired) electrons. The zero-order valence-corrected chi connectivity index (χ0v) is 21.2. The van der Waals surface area contributed by atoms with Crippen LogP contribution in [0.1, 0.15) is 15.9 Å². The summed E-state index contributed by atoms with van der Waals surface area (Å²) in [5, 5.41) is 15.5. The molecule has 1 aliphatic rings. The minimum Gasteiger partial charge on any atom is -0.497 e. The molecule has 12 nitrogen and oxygen atoms in total. The Morgan fingerprint density at radius 1 is 1.11 bits per heavy atom. The summed E-state index contributed by atoms with van der Waals surface area (Å²) in [6.45, 7) is 2.09. The van der Waals surface area contributed by atoms with E-state index in [0.29, 0.717) is 49.0 Å². The number of hydrazone groups is 1. The third kappa shape index (κ3) is 6.44. The van der Waals surface area contributed by atoms with Crippen LogP contribution >= 0.6 is 0 Å². The van der Waals surface area contributed by atoms with E-state index in [9.17, 15) is 23.3 Å². The molecule has 198 valence electrons. The number of amides is 1. The van der Waals surface area contributed by atoms with Gasteiger partial charge in [0.1, 0.15) is 11.4 Å². The summed E-state index contributed by atoms with van der Waals surface area (Å²) in [6, 6.07) is 16.5. The molecule has 4 rings (SSSR count). The number of methoxy groups -OCH3 is 1. The minimum atomic E-state index is -3.96. The second-order valence-corrected chi connectivity index (χ2v) is 9.85. The van der Waals surface area contributed by atoms with Crippen molar-refractivity contribution in [2.45, 2.75) is 4.90 Å². The molecule has 0 spiro atoms. The van der Waals surface area contributed by atoms with Crippen LogP contribution in [0.15, 0.2) is 76.7 Å². The molecule has 13 heteroatoms. The predicted molar refractivity (Wildman–Crippen MR) is 141 cm³/mol. The van der Waals surface area contributed by atoms with Crippen molar-refractivity contribution >= 4 is 39.2 Å². The highest BCUT2D eigenvalue weighted by Crippen LogP contribution is 2.29. The summed E-state index contributed by atoms with van der Waals surface area (Å²) in [5.41, 5.74) is 3.53. The lowest BCUT2D eigenvalue weighted by molar-refractivity contribution is -0.384. The fourth-order valence-electron chi connectivity index (χ4n) is 3.75. The fourth-order valence-corrected chi connectivity index (χ4v) is 4.85. The van der Waals surface area contributed by atoms with Crippen molar-refractivity contribution < 1.29 is 27.6 Å². The van der Waals surface area contributed by atoms with Gasteiger partial charge in [0, 0.05) is 36.0 Å². The van der Waals surface area contributed by atoms with E-state index < -0.39 is 20.9 Å². The summed E-state index contributed by atoms with van der Waals surface area (Å²) in [4.78, 5) is 25.5. The summed E-state index contributed by atoms with van der Waals surface area (Å²) >= 11 is 0. The van der Waals surface area contributed by atoms with Crippen molar-refractivity contribution in [3.63, 3.8) is 0 Å². The maximum Gasteiger partial charge on any atom is 0.293 e. The molecule has 1 heterocycles. The Kier molecular flexibility index (Phi) is 8.19. The number of carbonyl (C=O) groups is 1. The third-order valence-electron chi connectivity index (χ3n) is 5.68. The Morgan fingerprint density at radius 2 is 1.84 bits per heavy atom. The average Bonchev–Trinajstić information content (AvgIpc) is 2.93. The van der Waals surface area contributed by atoms with Gasteiger partial charge in [-0.3, -0.25) is 19.6 Å². The number of nitro benzene ring substituents is 1. The Balaban J connectivity index is 1.44. The normalized spacial score (nSPS) is 13.8. The molecular weight excluding hydrogens is 514 g/mol. The van der Waals surface area contributed by atoms with Gasteiger partial charge in [0.15, 0.2) is 0 Å².